The van der Waals surface area contributed by atoms with Crippen molar-refractivity contribution in [3.63, 3.8) is 0 Å². The number of nitrogens with zero attached hydrogens (tertiary/aromatic N) is 1. The van der Waals surface area contributed by atoms with Gasteiger partial charge in [0.05, 0.1) is 22.9 Å². The Hall–Kier alpha value is -1.18. The van der Waals surface area contributed by atoms with E-state index in [1.54, 1.807) is 6.92 Å². The number of methoxy groups -OCH3 is 1. The summed E-state index contributed by atoms with van der Waals surface area (Å²) in [6, 6.07) is 3.24. The van der Waals surface area contributed by atoms with Gasteiger partial charge in [-0.15, -0.1) is 0 Å². The van der Waals surface area contributed by atoms with Crippen molar-refractivity contribution in [2.75, 3.05) is 20.2 Å². The summed E-state index contributed by atoms with van der Waals surface area (Å²) >= 11 is 5.62. The van der Waals surface area contributed by atoms with Crippen LogP contribution in [0.2, 0.25) is 5.02 Å². The molecule has 5 nitrogen and oxygen atoms in total. The summed E-state index contributed by atoms with van der Waals surface area (Å²) in [4.78, 5) is 11.5. The van der Waals surface area contributed by atoms with Gasteiger partial charge in [0, 0.05) is 13.1 Å². The van der Waals surface area contributed by atoms with Crippen LogP contribution < -0.4 is 0 Å². The summed E-state index contributed by atoms with van der Waals surface area (Å²) in [6.45, 7) is 2.04. The zero-order valence-corrected chi connectivity index (χ0v) is 13.1. The van der Waals surface area contributed by atoms with Gasteiger partial charge in [0.1, 0.15) is 5.82 Å². The Labute approximate surface area is 127 Å². The van der Waals surface area contributed by atoms with Crippen LogP contribution in [0.25, 0.3) is 0 Å². The summed E-state index contributed by atoms with van der Waals surface area (Å²) < 4.78 is 44.0. The number of sulfonamides is 1. The third kappa shape index (κ3) is 3.04. The molecule has 8 heteroatoms. The lowest BCUT2D eigenvalue weighted by atomic mass is 9.99. The molecule has 1 aromatic carbocycles. The molecule has 0 spiro atoms. The normalized spacial score (nSPS) is 23.2. The van der Waals surface area contributed by atoms with E-state index in [1.807, 2.05) is 0 Å². The first-order chi connectivity index (χ1) is 9.77. The first-order valence-corrected chi connectivity index (χ1v) is 8.12. The first kappa shape index (κ1) is 16.2. The lowest BCUT2D eigenvalue weighted by molar-refractivity contribution is -0.145. The fourth-order valence-electron chi connectivity index (χ4n) is 2.36. The predicted molar refractivity (Wildman–Crippen MR) is 74.8 cm³/mol. The molecular weight excluding hydrogens is 321 g/mol. The van der Waals surface area contributed by atoms with Crippen molar-refractivity contribution in [1.29, 1.82) is 0 Å². The van der Waals surface area contributed by atoms with Crippen LogP contribution in [0.1, 0.15) is 6.92 Å². The highest BCUT2D eigenvalue weighted by atomic mass is 35.5. The predicted octanol–water partition coefficient (Wildman–Crippen LogP) is 1.91. The molecule has 1 fully saturated rings. The van der Waals surface area contributed by atoms with Crippen LogP contribution in [0.5, 0.6) is 0 Å². The minimum atomic E-state index is -3.81. The molecule has 116 valence electrons. The van der Waals surface area contributed by atoms with Crippen LogP contribution in [-0.2, 0) is 19.6 Å². The number of hydrogen-bond acceptors (Lipinski definition) is 4. The highest BCUT2D eigenvalue weighted by Gasteiger charge is 2.41. The molecule has 0 amide bonds. The van der Waals surface area contributed by atoms with Crippen molar-refractivity contribution in [2.45, 2.75) is 11.8 Å². The van der Waals surface area contributed by atoms with Gasteiger partial charge in [0.25, 0.3) is 0 Å². The number of rotatable bonds is 3. The standard InChI is InChI=1S/C13H15ClFNO4S/c1-8-6-16(7-10(8)13(17)20-2)21(18,19)9-3-4-12(15)11(14)5-9/h3-5,8,10H,6-7H2,1-2H3. The molecule has 2 unspecified atom stereocenters. The molecule has 1 aliphatic heterocycles. The number of esters is 1. The number of halogens is 2. The van der Waals surface area contributed by atoms with E-state index in [1.165, 1.54) is 11.4 Å². The molecule has 0 aliphatic carbocycles. The van der Waals surface area contributed by atoms with Gasteiger partial charge in [-0.1, -0.05) is 18.5 Å². The first-order valence-electron chi connectivity index (χ1n) is 6.30. The van der Waals surface area contributed by atoms with Crippen molar-refractivity contribution in [3.8, 4) is 0 Å². The summed E-state index contributed by atoms with van der Waals surface area (Å²) in [6.07, 6.45) is 0. The Balaban J connectivity index is 2.29. The minimum Gasteiger partial charge on any atom is -0.469 e. The van der Waals surface area contributed by atoms with E-state index in [-0.39, 0.29) is 28.9 Å². The molecule has 1 aliphatic rings. The molecule has 0 N–H and O–H groups in total. The van der Waals surface area contributed by atoms with Crippen LogP contribution >= 0.6 is 11.6 Å². The van der Waals surface area contributed by atoms with Gasteiger partial charge >= 0.3 is 5.97 Å². The summed E-state index contributed by atoms with van der Waals surface area (Å²) in [5, 5.41) is -0.257. The zero-order chi connectivity index (χ0) is 15.8. The quantitative estimate of drug-likeness (QED) is 0.792. The third-order valence-electron chi connectivity index (χ3n) is 3.61. The summed E-state index contributed by atoms with van der Waals surface area (Å²) in [5.74, 6) is -1.76. The average Bonchev–Trinajstić information content (AvgIpc) is 2.83. The van der Waals surface area contributed by atoms with Crippen LogP contribution in [0.3, 0.4) is 0 Å². The van der Waals surface area contributed by atoms with Crippen LogP contribution in [0.4, 0.5) is 4.39 Å². The zero-order valence-electron chi connectivity index (χ0n) is 11.5. The van der Waals surface area contributed by atoms with Gasteiger partial charge < -0.3 is 4.74 Å². The van der Waals surface area contributed by atoms with Crippen molar-refractivity contribution in [3.05, 3.63) is 29.0 Å². The number of carbonyl (C=O) groups excluding carboxylic acids is 1. The van der Waals surface area contributed by atoms with E-state index in [0.717, 1.165) is 18.2 Å². The molecule has 2 atom stereocenters. The van der Waals surface area contributed by atoms with Crippen molar-refractivity contribution in [1.82, 2.24) is 4.31 Å². The minimum absolute atomic E-state index is 0.0468. The molecule has 1 saturated heterocycles. The van der Waals surface area contributed by atoms with Crippen LogP contribution in [-0.4, -0.2) is 38.9 Å². The largest absolute Gasteiger partial charge is 0.469 e. The molecule has 21 heavy (non-hydrogen) atoms. The smallest absolute Gasteiger partial charge is 0.310 e. The fraction of sp³-hybridized carbons (Fsp3) is 0.462. The Morgan fingerprint density at radius 2 is 2.10 bits per heavy atom. The SMILES string of the molecule is COC(=O)C1CN(S(=O)(=O)c2ccc(F)c(Cl)c2)CC1C. The second-order valence-corrected chi connectivity index (χ2v) is 7.35. The third-order valence-corrected chi connectivity index (χ3v) is 5.73. The van der Waals surface area contributed by atoms with Gasteiger partial charge in [0.15, 0.2) is 0 Å². The van der Waals surface area contributed by atoms with E-state index < -0.39 is 27.7 Å². The second-order valence-electron chi connectivity index (χ2n) is 5.00. The molecule has 1 heterocycles. The lowest BCUT2D eigenvalue weighted by Gasteiger charge is -2.16. The maximum Gasteiger partial charge on any atom is 0.310 e. The Kier molecular flexibility index (Phi) is 4.55. The number of hydrogen-bond donors (Lipinski definition) is 0. The number of ether oxygens (including phenoxy) is 1. The Bertz CT molecular complexity index is 664. The van der Waals surface area contributed by atoms with Crippen molar-refractivity contribution < 1.29 is 22.3 Å². The van der Waals surface area contributed by atoms with Gasteiger partial charge in [-0.3, -0.25) is 4.79 Å². The van der Waals surface area contributed by atoms with Gasteiger partial charge in [-0.05, 0) is 24.1 Å². The Morgan fingerprint density at radius 1 is 1.43 bits per heavy atom. The molecule has 1 aromatic rings. The maximum atomic E-state index is 13.1. The Morgan fingerprint density at radius 3 is 2.67 bits per heavy atom. The van der Waals surface area contributed by atoms with Crippen molar-refractivity contribution in [2.24, 2.45) is 11.8 Å². The molecule has 2 rings (SSSR count). The van der Waals surface area contributed by atoms with E-state index in [4.69, 9.17) is 11.6 Å². The van der Waals surface area contributed by atoms with Gasteiger partial charge in [0.2, 0.25) is 10.0 Å². The van der Waals surface area contributed by atoms with E-state index in [2.05, 4.69) is 4.74 Å². The fourth-order valence-corrected chi connectivity index (χ4v) is 4.20. The molecular formula is C13H15ClFNO4S. The molecule has 0 bridgehead atoms. The van der Waals surface area contributed by atoms with E-state index in [0.29, 0.717) is 0 Å². The van der Waals surface area contributed by atoms with E-state index >= 15 is 0 Å². The average molecular weight is 336 g/mol. The number of carbonyl (C=O) groups is 1. The molecule has 0 aromatic heterocycles. The van der Waals surface area contributed by atoms with Gasteiger partial charge in [-0.25, -0.2) is 12.8 Å². The summed E-state index contributed by atoms with van der Waals surface area (Å²) in [5.41, 5.74) is 0. The summed E-state index contributed by atoms with van der Waals surface area (Å²) in [7, 11) is -2.54. The molecule has 0 radical (unpaired) electrons. The topological polar surface area (TPSA) is 63.7 Å². The van der Waals surface area contributed by atoms with E-state index in [9.17, 15) is 17.6 Å². The van der Waals surface area contributed by atoms with Crippen molar-refractivity contribution >= 4 is 27.6 Å². The lowest BCUT2D eigenvalue weighted by Crippen LogP contribution is -2.30. The monoisotopic (exact) mass is 335 g/mol. The van der Waals surface area contributed by atoms with Gasteiger partial charge in [-0.2, -0.15) is 4.31 Å². The maximum absolute atomic E-state index is 13.1. The second kappa shape index (κ2) is 5.90. The molecule has 0 saturated carbocycles. The highest BCUT2D eigenvalue weighted by molar-refractivity contribution is 7.89. The van der Waals surface area contributed by atoms with Crippen LogP contribution in [0.15, 0.2) is 23.1 Å². The van der Waals surface area contributed by atoms with Crippen LogP contribution in [0, 0.1) is 17.7 Å². The number of benzene rings is 1. The highest BCUT2D eigenvalue weighted by Crippen LogP contribution is 2.30.